The topological polar surface area (TPSA) is 25.8 Å². The summed E-state index contributed by atoms with van der Waals surface area (Å²) in [6, 6.07) is 1.96. The summed E-state index contributed by atoms with van der Waals surface area (Å²) < 4.78 is 11.5. The van der Waals surface area contributed by atoms with E-state index in [1.165, 1.54) is 11.7 Å². The van der Waals surface area contributed by atoms with Gasteiger partial charge in [0.2, 0.25) is 0 Å². The van der Waals surface area contributed by atoms with E-state index < -0.39 is 0 Å². The van der Waals surface area contributed by atoms with Crippen molar-refractivity contribution in [3.63, 3.8) is 0 Å². The summed E-state index contributed by atoms with van der Waals surface area (Å²) in [5, 5.41) is 0. The highest BCUT2D eigenvalue weighted by molar-refractivity contribution is 14.1. The Labute approximate surface area is 103 Å². The smallest absolute Gasteiger partial charge is 0.119 e. The third kappa shape index (κ3) is 1.42. The standard InChI is InChI=1S/C6HBr2IN2S/c7-2-1-3-6(11-12-10-3)5(9)4(2)8/h1H. The van der Waals surface area contributed by atoms with Crippen LogP contribution in [0, 0.1) is 3.57 Å². The van der Waals surface area contributed by atoms with E-state index in [1.54, 1.807) is 0 Å². The van der Waals surface area contributed by atoms with Crippen molar-refractivity contribution >= 4 is 77.2 Å². The van der Waals surface area contributed by atoms with Gasteiger partial charge in [-0.15, -0.1) is 0 Å². The summed E-state index contributed by atoms with van der Waals surface area (Å²) in [7, 11) is 0. The summed E-state index contributed by atoms with van der Waals surface area (Å²) in [6.45, 7) is 0. The molecule has 2 aromatic rings. The summed E-state index contributed by atoms with van der Waals surface area (Å²) in [4.78, 5) is 0. The van der Waals surface area contributed by atoms with Crippen molar-refractivity contribution in [2.75, 3.05) is 0 Å². The Morgan fingerprint density at radius 1 is 1.33 bits per heavy atom. The van der Waals surface area contributed by atoms with Crippen LogP contribution in [0.5, 0.6) is 0 Å². The highest BCUT2D eigenvalue weighted by Gasteiger charge is 2.10. The number of halogens is 3. The van der Waals surface area contributed by atoms with E-state index in [-0.39, 0.29) is 0 Å². The minimum absolute atomic E-state index is 0.944. The Bertz CT molecular complexity index is 442. The number of aromatic nitrogens is 2. The lowest BCUT2D eigenvalue weighted by Crippen LogP contribution is -1.80. The number of fused-ring (bicyclic) bond motifs is 1. The molecular weight excluding hydrogens is 419 g/mol. The van der Waals surface area contributed by atoms with Gasteiger partial charge in [-0.05, 0) is 60.5 Å². The van der Waals surface area contributed by atoms with Gasteiger partial charge in [0.15, 0.2) is 0 Å². The number of benzene rings is 1. The summed E-state index contributed by atoms with van der Waals surface area (Å²) in [6.07, 6.45) is 0. The largest absolute Gasteiger partial charge is 0.173 e. The molecule has 0 N–H and O–H groups in total. The molecule has 1 aromatic carbocycles. The molecule has 0 atom stereocenters. The Balaban J connectivity index is 2.94. The molecule has 0 saturated carbocycles. The van der Waals surface area contributed by atoms with Gasteiger partial charge in [-0.3, -0.25) is 0 Å². The Morgan fingerprint density at radius 3 is 2.83 bits per heavy atom. The fraction of sp³-hybridized carbons (Fsp3) is 0. The average Bonchev–Trinajstić information content (AvgIpc) is 2.48. The lowest BCUT2D eigenvalue weighted by molar-refractivity contribution is 1.53. The third-order valence-electron chi connectivity index (χ3n) is 1.39. The Morgan fingerprint density at radius 2 is 2.08 bits per heavy atom. The van der Waals surface area contributed by atoms with E-state index >= 15 is 0 Å². The second kappa shape index (κ2) is 3.47. The summed E-state index contributed by atoms with van der Waals surface area (Å²) in [5.41, 5.74) is 1.91. The van der Waals surface area contributed by atoms with Crippen molar-refractivity contribution in [1.29, 1.82) is 0 Å². The van der Waals surface area contributed by atoms with Crippen LogP contribution in [-0.4, -0.2) is 8.75 Å². The van der Waals surface area contributed by atoms with E-state index in [0.717, 1.165) is 23.5 Å². The van der Waals surface area contributed by atoms with Crippen molar-refractivity contribution < 1.29 is 0 Å². The molecule has 0 fully saturated rings. The molecule has 1 aromatic heterocycles. The number of nitrogens with zero attached hydrogens (tertiary/aromatic N) is 2. The maximum absolute atomic E-state index is 4.19. The lowest BCUT2D eigenvalue weighted by atomic mass is 10.3. The fourth-order valence-electron chi connectivity index (χ4n) is 0.835. The summed E-state index contributed by atoms with van der Waals surface area (Å²) in [5.74, 6) is 0. The first kappa shape index (κ1) is 9.29. The highest BCUT2D eigenvalue weighted by atomic mass is 127. The van der Waals surface area contributed by atoms with Crippen molar-refractivity contribution in [1.82, 2.24) is 8.75 Å². The van der Waals surface area contributed by atoms with Crippen LogP contribution >= 0.6 is 66.2 Å². The van der Waals surface area contributed by atoms with Gasteiger partial charge >= 0.3 is 0 Å². The number of hydrogen-bond donors (Lipinski definition) is 0. The predicted molar refractivity (Wildman–Crippen MR) is 65.5 cm³/mol. The molecule has 0 aliphatic heterocycles. The van der Waals surface area contributed by atoms with Crippen LogP contribution in [-0.2, 0) is 0 Å². The monoisotopic (exact) mass is 418 g/mol. The zero-order valence-corrected chi connectivity index (χ0v) is 11.7. The van der Waals surface area contributed by atoms with E-state index in [1.807, 2.05) is 6.07 Å². The predicted octanol–water partition coefficient (Wildman–Crippen LogP) is 3.82. The first-order valence-corrected chi connectivity index (χ1v) is 6.35. The third-order valence-corrected chi connectivity index (χ3v) is 5.70. The van der Waals surface area contributed by atoms with Gasteiger partial charge in [-0.1, -0.05) is 0 Å². The molecule has 0 aliphatic carbocycles. The molecule has 1 heterocycles. The van der Waals surface area contributed by atoms with Gasteiger partial charge in [0, 0.05) is 8.95 Å². The molecule has 2 nitrogen and oxygen atoms in total. The van der Waals surface area contributed by atoms with Gasteiger partial charge < -0.3 is 0 Å². The van der Waals surface area contributed by atoms with Crippen molar-refractivity contribution in [2.24, 2.45) is 0 Å². The SMILES string of the molecule is Brc1cc2nsnc2c(I)c1Br. The van der Waals surface area contributed by atoms with Gasteiger partial charge in [0.05, 0.1) is 15.3 Å². The molecule has 0 unspecified atom stereocenters. The van der Waals surface area contributed by atoms with E-state index in [0.29, 0.717) is 0 Å². The quantitative estimate of drug-likeness (QED) is 0.479. The average molecular weight is 420 g/mol. The molecule has 12 heavy (non-hydrogen) atoms. The summed E-state index contributed by atoms with van der Waals surface area (Å²) >= 11 is 10.4. The van der Waals surface area contributed by atoms with Gasteiger partial charge in [0.25, 0.3) is 0 Å². The van der Waals surface area contributed by atoms with Crippen molar-refractivity contribution in [3.05, 3.63) is 18.6 Å². The van der Waals surface area contributed by atoms with Gasteiger partial charge in [0.1, 0.15) is 11.0 Å². The first-order valence-electron chi connectivity index (χ1n) is 2.96. The molecule has 62 valence electrons. The Kier molecular flexibility index (Phi) is 2.69. The van der Waals surface area contributed by atoms with E-state index in [9.17, 15) is 0 Å². The molecule has 0 spiro atoms. The molecule has 0 bridgehead atoms. The highest BCUT2D eigenvalue weighted by Crippen LogP contribution is 2.33. The molecule has 0 saturated heterocycles. The van der Waals surface area contributed by atoms with Crippen LogP contribution in [0.2, 0.25) is 0 Å². The van der Waals surface area contributed by atoms with Crippen LogP contribution in [0.3, 0.4) is 0 Å². The minimum Gasteiger partial charge on any atom is -0.173 e. The molecule has 0 radical (unpaired) electrons. The number of hydrogen-bond acceptors (Lipinski definition) is 3. The van der Waals surface area contributed by atoms with E-state index in [2.05, 4.69) is 63.2 Å². The van der Waals surface area contributed by atoms with Crippen LogP contribution in [0.25, 0.3) is 11.0 Å². The second-order valence-corrected chi connectivity index (χ2v) is 5.37. The number of rotatable bonds is 0. The Hall–Kier alpha value is 0.730. The van der Waals surface area contributed by atoms with Crippen LogP contribution in [0.1, 0.15) is 0 Å². The van der Waals surface area contributed by atoms with E-state index in [4.69, 9.17) is 0 Å². The second-order valence-electron chi connectivity index (χ2n) is 2.12. The normalized spacial score (nSPS) is 10.9. The lowest BCUT2D eigenvalue weighted by Gasteiger charge is -1.98. The van der Waals surface area contributed by atoms with Crippen molar-refractivity contribution in [2.45, 2.75) is 0 Å². The fourth-order valence-corrected chi connectivity index (χ4v) is 3.31. The first-order chi connectivity index (χ1) is 5.70. The van der Waals surface area contributed by atoms with Crippen LogP contribution < -0.4 is 0 Å². The minimum atomic E-state index is 0.944. The molecular formula is C6HBr2IN2S. The van der Waals surface area contributed by atoms with Crippen LogP contribution in [0.4, 0.5) is 0 Å². The zero-order valence-electron chi connectivity index (χ0n) is 5.51. The maximum atomic E-state index is 4.19. The molecule has 0 amide bonds. The van der Waals surface area contributed by atoms with Crippen molar-refractivity contribution in [3.8, 4) is 0 Å². The van der Waals surface area contributed by atoms with Gasteiger partial charge in [-0.2, -0.15) is 8.75 Å². The maximum Gasteiger partial charge on any atom is 0.119 e. The molecule has 6 heteroatoms. The van der Waals surface area contributed by atoms with Crippen LogP contribution in [0.15, 0.2) is 15.0 Å². The van der Waals surface area contributed by atoms with Gasteiger partial charge in [-0.25, -0.2) is 0 Å². The molecule has 0 aliphatic rings. The zero-order chi connectivity index (χ0) is 8.72. The molecule has 2 rings (SSSR count).